The molecule has 140 valence electrons. The van der Waals surface area contributed by atoms with E-state index < -0.39 is 11.9 Å². The lowest BCUT2D eigenvalue weighted by Gasteiger charge is -2.22. The van der Waals surface area contributed by atoms with E-state index in [0.717, 1.165) is 25.7 Å². The van der Waals surface area contributed by atoms with Gasteiger partial charge in [0, 0.05) is 29.3 Å². The van der Waals surface area contributed by atoms with Crippen LogP contribution in [0.3, 0.4) is 0 Å². The van der Waals surface area contributed by atoms with Crippen LogP contribution in [-0.2, 0) is 11.3 Å². The zero-order valence-corrected chi connectivity index (χ0v) is 15.2. The standard InChI is InChI=1S/C21H23N3O3/c25-19(23-21(27)22-18-9-5-2-6-10-18)15-24-13-11-17(12-14-24)20(26)16-7-3-1-4-8-16/h1,3-4,7-8,11-14,18H,2,5-6,9-10,15H2,(H-,22,23,25,27)/p+1. The maximum absolute atomic E-state index is 12.4. The molecule has 1 fully saturated rings. The third-order valence-corrected chi connectivity index (χ3v) is 4.71. The number of ketones is 1. The molecule has 1 saturated carbocycles. The van der Waals surface area contributed by atoms with Crippen molar-refractivity contribution in [1.82, 2.24) is 10.6 Å². The molecule has 0 bridgehead atoms. The predicted octanol–water partition coefficient (Wildman–Crippen LogP) is 2.36. The van der Waals surface area contributed by atoms with Crippen LogP contribution in [0.4, 0.5) is 4.79 Å². The zero-order chi connectivity index (χ0) is 19.1. The number of nitrogens with zero attached hydrogens (tertiary/aromatic N) is 1. The average Bonchev–Trinajstić information content (AvgIpc) is 2.69. The summed E-state index contributed by atoms with van der Waals surface area (Å²) < 4.78 is 1.63. The molecule has 1 aliphatic carbocycles. The summed E-state index contributed by atoms with van der Waals surface area (Å²) in [5.74, 6) is -0.463. The first-order valence-corrected chi connectivity index (χ1v) is 9.31. The predicted molar refractivity (Wildman–Crippen MR) is 100 cm³/mol. The molecule has 0 unspecified atom stereocenters. The van der Waals surface area contributed by atoms with Gasteiger partial charge in [-0.3, -0.25) is 14.9 Å². The van der Waals surface area contributed by atoms with Gasteiger partial charge >= 0.3 is 6.03 Å². The summed E-state index contributed by atoms with van der Waals surface area (Å²) in [7, 11) is 0. The third-order valence-electron chi connectivity index (χ3n) is 4.71. The fraction of sp³-hybridized carbons (Fsp3) is 0.333. The highest BCUT2D eigenvalue weighted by Crippen LogP contribution is 2.17. The molecule has 1 heterocycles. The lowest BCUT2D eigenvalue weighted by atomic mass is 9.96. The third kappa shape index (κ3) is 5.48. The average molecular weight is 366 g/mol. The van der Waals surface area contributed by atoms with E-state index in [9.17, 15) is 14.4 Å². The molecule has 2 N–H and O–H groups in total. The second-order valence-electron chi connectivity index (χ2n) is 6.81. The van der Waals surface area contributed by atoms with Crippen LogP contribution in [0.1, 0.15) is 48.0 Å². The van der Waals surface area contributed by atoms with E-state index in [4.69, 9.17) is 0 Å². The summed E-state index contributed by atoms with van der Waals surface area (Å²) in [6.07, 6.45) is 8.69. The van der Waals surface area contributed by atoms with Gasteiger partial charge in [-0.25, -0.2) is 4.79 Å². The molecule has 27 heavy (non-hydrogen) atoms. The highest BCUT2D eigenvalue weighted by Gasteiger charge is 2.18. The number of hydrogen-bond acceptors (Lipinski definition) is 3. The molecule has 6 nitrogen and oxygen atoms in total. The molecule has 0 saturated heterocycles. The molecule has 3 amide bonds. The minimum Gasteiger partial charge on any atom is -0.335 e. The number of rotatable bonds is 5. The second-order valence-corrected chi connectivity index (χ2v) is 6.81. The van der Waals surface area contributed by atoms with Crippen molar-refractivity contribution in [2.75, 3.05) is 0 Å². The Morgan fingerprint density at radius 2 is 1.52 bits per heavy atom. The normalized spacial score (nSPS) is 14.4. The number of aromatic nitrogens is 1. The van der Waals surface area contributed by atoms with Gasteiger partial charge in [-0.15, -0.1) is 0 Å². The number of urea groups is 1. The zero-order valence-electron chi connectivity index (χ0n) is 15.2. The fourth-order valence-corrected chi connectivity index (χ4v) is 3.27. The van der Waals surface area contributed by atoms with Crippen molar-refractivity contribution in [3.63, 3.8) is 0 Å². The number of carbonyl (C=O) groups excluding carboxylic acids is 3. The van der Waals surface area contributed by atoms with E-state index >= 15 is 0 Å². The Balaban J connectivity index is 1.51. The molecule has 2 aromatic rings. The number of hydrogen-bond donors (Lipinski definition) is 2. The number of pyridine rings is 1. The van der Waals surface area contributed by atoms with Crippen molar-refractivity contribution in [3.05, 3.63) is 66.0 Å². The van der Waals surface area contributed by atoms with Gasteiger partial charge in [0.15, 0.2) is 18.2 Å². The molecule has 0 atom stereocenters. The van der Waals surface area contributed by atoms with Crippen LogP contribution in [0.2, 0.25) is 0 Å². The summed E-state index contributed by atoms with van der Waals surface area (Å²) in [6.45, 7) is 0.0118. The van der Waals surface area contributed by atoms with Gasteiger partial charge in [0.25, 0.3) is 5.91 Å². The Morgan fingerprint density at radius 1 is 0.889 bits per heavy atom. The SMILES string of the molecule is O=C(C[n+]1ccc(C(=O)c2ccccc2)cc1)NC(=O)NC1CCCCC1. The molecule has 0 aliphatic heterocycles. The number of benzene rings is 1. The van der Waals surface area contributed by atoms with Crippen LogP contribution < -0.4 is 15.2 Å². The molecule has 3 rings (SSSR count). The summed E-state index contributed by atoms with van der Waals surface area (Å²) >= 11 is 0. The first kappa shape index (κ1) is 18.8. The van der Waals surface area contributed by atoms with Gasteiger partial charge in [-0.1, -0.05) is 49.6 Å². The number of imide groups is 1. The topological polar surface area (TPSA) is 79.2 Å². The van der Waals surface area contributed by atoms with Crippen LogP contribution in [-0.4, -0.2) is 23.8 Å². The van der Waals surface area contributed by atoms with Crippen molar-refractivity contribution in [2.24, 2.45) is 0 Å². The first-order valence-electron chi connectivity index (χ1n) is 9.31. The van der Waals surface area contributed by atoms with Gasteiger partial charge < -0.3 is 5.32 Å². The number of carbonyl (C=O) groups is 3. The Morgan fingerprint density at radius 3 is 2.19 bits per heavy atom. The van der Waals surface area contributed by atoms with E-state index in [2.05, 4.69) is 10.6 Å². The highest BCUT2D eigenvalue weighted by atomic mass is 16.2. The molecule has 0 radical (unpaired) electrons. The van der Waals surface area contributed by atoms with Gasteiger partial charge in [-0.2, -0.15) is 4.57 Å². The number of amides is 3. The van der Waals surface area contributed by atoms with E-state index in [1.807, 2.05) is 18.2 Å². The summed E-state index contributed by atoms with van der Waals surface area (Å²) in [5.41, 5.74) is 1.17. The maximum atomic E-state index is 12.4. The molecular formula is C21H24N3O3+. The maximum Gasteiger partial charge on any atom is 0.321 e. The Labute approximate surface area is 158 Å². The quantitative estimate of drug-likeness (QED) is 0.630. The fourth-order valence-electron chi connectivity index (χ4n) is 3.27. The Kier molecular flexibility index (Phi) is 6.30. The van der Waals surface area contributed by atoms with Crippen molar-refractivity contribution in [3.8, 4) is 0 Å². The summed E-state index contributed by atoms with van der Waals surface area (Å²) in [5, 5.41) is 5.22. The molecule has 6 heteroatoms. The van der Waals surface area contributed by atoms with Gasteiger partial charge in [0.05, 0.1) is 0 Å². The van der Waals surface area contributed by atoms with Crippen molar-refractivity contribution in [1.29, 1.82) is 0 Å². The largest absolute Gasteiger partial charge is 0.335 e. The smallest absolute Gasteiger partial charge is 0.321 e. The van der Waals surface area contributed by atoms with Gasteiger partial charge in [0.1, 0.15) is 0 Å². The Bertz CT molecular complexity index is 797. The highest BCUT2D eigenvalue weighted by molar-refractivity contribution is 6.08. The Hall–Kier alpha value is -3.02. The van der Waals surface area contributed by atoms with E-state index in [1.54, 1.807) is 41.2 Å². The molecular weight excluding hydrogens is 342 g/mol. The van der Waals surface area contributed by atoms with Crippen LogP contribution in [0.5, 0.6) is 0 Å². The van der Waals surface area contributed by atoms with E-state index in [0.29, 0.717) is 11.1 Å². The van der Waals surface area contributed by atoms with Crippen molar-refractivity contribution in [2.45, 2.75) is 44.7 Å². The number of nitrogens with one attached hydrogen (secondary N) is 2. The summed E-state index contributed by atoms with van der Waals surface area (Å²) in [4.78, 5) is 36.3. The second kappa shape index (κ2) is 9.07. The minimum absolute atomic E-state index is 0.0118. The van der Waals surface area contributed by atoms with E-state index in [-0.39, 0.29) is 18.4 Å². The summed E-state index contributed by atoms with van der Waals surface area (Å²) in [6, 6.07) is 12.1. The van der Waals surface area contributed by atoms with Crippen LogP contribution in [0, 0.1) is 0 Å². The first-order chi connectivity index (χ1) is 13.1. The minimum atomic E-state index is -0.441. The van der Waals surface area contributed by atoms with E-state index in [1.165, 1.54) is 6.42 Å². The van der Waals surface area contributed by atoms with Crippen molar-refractivity contribution >= 4 is 17.7 Å². The molecule has 1 aliphatic rings. The van der Waals surface area contributed by atoms with Gasteiger partial charge in [0.2, 0.25) is 6.54 Å². The molecule has 1 aromatic carbocycles. The molecule has 0 spiro atoms. The van der Waals surface area contributed by atoms with Crippen LogP contribution in [0.15, 0.2) is 54.9 Å². The molecule has 1 aromatic heterocycles. The monoisotopic (exact) mass is 366 g/mol. The lowest BCUT2D eigenvalue weighted by Crippen LogP contribution is -2.49. The lowest BCUT2D eigenvalue weighted by molar-refractivity contribution is -0.684. The van der Waals surface area contributed by atoms with Gasteiger partial charge in [-0.05, 0) is 12.8 Å². The van der Waals surface area contributed by atoms with Crippen LogP contribution >= 0.6 is 0 Å². The van der Waals surface area contributed by atoms with Crippen molar-refractivity contribution < 1.29 is 19.0 Å². The van der Waals surface area contributed by atoms with Crippen LogP contribution in [0.25, 0.3) is 0 Å².